The van der Waals surface area contributed by atoms with Crippen LogP contribution >= 0.6 is 0 Å². The van der Waals surface area contributed by atoms with E-state index in [9.17, 15) is 14.4 Å². The number of nitrogens with one attached hydrogen (secondary N) is 1. The molecule has 4 atom stereocenters. The molecule has 0 spiro atoms. The molecule has 0 radical (unpaired) electrons. The molecule has 3 heterocycles. The first kappa shape index (κ1) is 24.7. The molecule has 3 aliphatic heterocycles. The van der Waals surface area contributed by atoms with Crippen LogP contribution in [0.25, 0.3) is 0 Å². The summed E-state index contributed by atoms with van der Waals surface area (Å²) in [6.45, 7) is 2.62. The Bertz CT molecular complexity index is 913. The third-order valence-corrected chi connectivity index (χ3v) is 7.86. The molecular formula is C25H38N4O5. The second-order valence-corrected chi connectivity index (χ2v) is 9.89. The predicted molar refractivity (Wildman–Crippen MR) is 126 cm³/mol. The lowest BCUT2D eigenvalue weighted by molar-refractivity contribution is -0.137. The molecule has 9 nitrogen and oxygen atoms in total. The molecule has 0 aromatic rings. The second kappa shape index (κ2) is 10.1. The van der Waals surface area contributed by atoms with Crippen molar-refractivity contribution in [2.24, 2.45) is 17.4 Å². The number of nitrogens with two attached hydrogens (primary N) is 2. The first-order valence-electron chi connectivity index (χ1n) is 12.7. The number of ether oxygens (including phenoxy) is 2. The Labute approximate surface area is 201 Å². The number of fused-ring (bicyclic) bond motifs is 4. The van der Waals surface area contributed by atoms with Gasteiger partial charge in [-0.2, -0.15) is 0 Å². The third kappa shape index (κ3) is 4.13. The number of nitrogens with zero attached hydrogens (tertiary/aromatic N) is 1. The summed E-state index contributed by atoms with van der Waals surface area (Å²) in [7, 11) is 1.56. The van der Waals surface area contributed by atoms with Crippen LogP contribution in [0.3, 0.4) is 0 Å². The summed E-state index contributed by atoms with van der Waals surface area (Å²) in [5, 5.41) is 3.35. The zero-order valence-corrected chi connectivity index (χ0v) is 20.4. The quantitative estimate of drug-likeness (QED) is 0.209. The number of carbonyl (C=O) groups is 3. The number of piperazine rings is 1. The van der Waals surface area contributed by atoms with Gasteiger partial charge in [0, 0.05) is 30.8 Å². The molecule has 4 rings (SSSR count). The fourth-order valence-electron chi connectivity index (χ4n) is 6.10. The van der Waals surface area contributed by atoms with Crippen LogP contribution in [0.2, 0.25) is 0 Å². The van der Waals surface area contributed by atoms with Crippen molar-refractivity contribution in [2.75, 3.05) is 20.3 Å². The fraction of sp³-hybridized carbons (Fsp3) is 0.720. The number of ketones is 2. The van der Waals surface area contributed by atoms with Crippen molar-refractivity contribution in [2.45, 2.75) is 88.9 Å². The van der Waals surface area contributed by atoms with Crippen molar-refractivity contribution in [1.29, 1.82) is 0 Å². The summed E-state index contributed by atoms with van der Waals surface area (Å²) in [5.41, 5.74) is 11.5. The van der Waals surface area contributed by atoms with Crippen molar-refractivity contribution in [3.05, 3.63) is 22.5 Å². The van der Waals surface area contributed by atoms with Gasteiger partial charge < -0.3 is 31.2 Å². The van der Waals surface area contributed by atoms with Gasteiger partial charge in [0.2, 0.25) is 11.6 Å². The lowest BCUT2D eigenvalue weighted by Gasteiger charge is -2.39. The molecule has 1 amide bonds. The molecule has 0 bridgehead atoms. The maximum Gasteiger partial charge on any atom is 0.404 e. The summed E-state index contributed by atoms with van der Waals surface area (Å²) < 4.78 is 11.1. The predicted octanol–water partition coefficient (Wildman–Crippen LogP) is 2.25. The van der Waals surface area contributed by atoms with Gasteiger partial charge in [0.25, 0.3) is 0 Å². The molecule has 0 unspecified atom stereocenters. The number of rotatable bonds is 13. The SMILES string of the molecule is CCCCCCCCCCCC1=C(N)C(=O)C2=C(C1=O)N1C[C@@H]3N[C@@H]3[C@]1(OC)[C@@H]2COC(N)=O. The highest BCUT2D eigenvalue weighted by atomic mass is 16.6. The first-order valence-corrected chi connectivity index (χ1v) is 12.7. The molecule has 0 saturated carbocycles. The van der Waals surface area contributed by atoms with E-state index in [-0.39, 0.29) is 41.5 Å². The van der Waals surface area contributed by atoms with Gasteiger partial charge in [-0.3, -0.25) is 9.59 Å². The molecule has 188 valence electrons. The van der Waals surface area contributed by atoms with E-state index in [4.69, 9.17) is 20.9 Å². The molecule has 0 aromatic heterocycles. The fourth-order valence-corrected chi connectivity index (χ4v) is 6.10. The van der Waals surface area contributed by atoms with Crippen LogP contribution in [-0.4, -0.2) is 60.6 Å². The average Bonchev–Trinajstić information content (AvgIpc) is 3.42. The standard InChI is InChI=1S/C25H38N4O5/c1-3-4-5-6-7-8-9-10-11-12-15-19(26)22(31)18-16(14-34-24(27)32)25(33-2)23-17(28-23)13-29(25)20(18)21(15)30/h16-17,23,28H,3-14,26H2,1-2H3,(H2,27,32)/t16-,17+,23+,25-/m1/s1. The van der Waals surface area contributed by atoms with Crippen LogP contribution in [0, 0.1) is 5.92 Å². The van der Waals surface area contributed by atoms with Crippen LogP contribution in [-0.2, 0) is 19.1 Å². The highest BCUT2D eigenvalue weighted by Gasteiger charge is 2.72. The topological polar surface area (TPSA) is 147 Å². The Kier molecular flexibility index (Phi) is 7.33. The lowest BCUT2D eigenvalue weighted by Crippen LogP contribution is -2.55. The van der Waals surface area contributed by atoms with Crippen molar-refractivity contribution in [1.82, 2.24) is 10.2 Å². The van der Waals surface area contributed by atoms with Gasteiger partial charge in [0.1, 0.15) is 6.61 Å². The molecule has 5 N–H and O–H groups in total. The number of hydrogen-bond acceptors (Lipinski definition) is 8. The van der Waals surface area contributed by atoms with Crippen LogP contribution in [0.15, 0.2) is 22.5 Å². The van der Waals surface area contributed by atoms with E-state index in [1.165, 1.54) is 38.5 Å². The molecule has 4 aliphatic rings. The highest BCUT2D eigenvalue weighted by Crippen LogP contribution is 2.55. The van der Waals surface area contributed by atoms with Gasteiger partial charge in [-0.25, -0.2) is 4.79 Å². The Balaban J connectivity index is 1.44. The van der Waals surface area contributed by atoms with Crippen molar-refractivity contribution < 1.29 is 23.9 Å². The van der Waals surface area contributed by atoms with E-state index in [2.05, 4.69) is 12.2 Å². The molecular weight excluding hydrogens is 436 g/mol. The summed E-state index contributed by atoms with van der Waals surface area (Å²) in [6.07, 6.45) is 10.1. The molecule has 2 saturated heterocycles. The van der Waals surface area contributed by atoms with E-state index >= 15 is 0 Å². The van der Waals surface area contributed by atoms with E-state index in [0.29, 0.717) is 24.2 Å². The zero-order valence-electron chi connectivity index (χ0n) is 20.4. The number of allylic oxidation sites excluding steroid dienone is 2. The number of amides is 1. The van der Waals surface area contributed by atoms with Gasteiger partial charge in [0.05, 0.1) is 23.4 Å². The molecule has 34 heavy (non-hydrogen) atoms. The monoisotopic (exact) mass is 474 g/mol. The highest BCUT2D eigenvalue weighted by molar-refractivity contribution is 6.25. The maximum atomic E-state index is 13.6. The first-order chi connectivity index (χ1) is 16.4. The average molecular weight is 475 g/mol. The number of primary amides is 1. The van der Waals surface area contributed by atoms with Crippen LogP contribution < -0.4 is 16.8 Å². The van der Waals surface area contributed by atoms with Crippen molar-refractivity contribution >= 4 is 17.7 Å². The maximum absolute atomic E-state index is 13.6. The number of carbonyl (C=O) groups excluding carboxylic acids is 3. The number of Topliss-reactive ketones (excluding diaryl/α,β-unsaturated/α-hetero) is 2. The Morgan fingerprint density at radius 2 is 1.74 bits per heavy atom. The van der Waals surface area contributed by atoms with Crippen LogP contribution in [0.1, 0.15) is 71.1 Å². The summed E-state index contributed by atoms with van der Waals surface area (Å²) in [5.74, 6) is -1.20. The van der Waals surface area contributed by atoms with Gasteiger partial charge >= 0.3 is 6.09 Å². The van der Waals surface area contributed by atoms with Gasteiger partial charge in [0.15, 0.2) is 5.72 Å². The lowest BCUT2D eigenvalue weighted by atomic mass is 9.81. The Morgan fingerprint density at radius 3 is 2.35 bits per heavy atom. The minimum Gasteiger partial charge on any atom is -0.449 e. The van der Waals surface area contributed by atoms with Gasteiger partial charge in [-0.1, -0.05) is 58.3 Å². The Hall–Kier alpha value is -2.39. The summed E-state index contributed by atoms with van der Waals surface area (Å²) in [4.78, 5) is 40.3. The molecule has 9 heteroatoms. The second-order valence-electron chi connectivity index (χ2n) is 9.89. The molecule has 1 aliphatic carbocycles. The normalized spacial score (nSPS) is 29.5. The molecule has 2 fully saturated rings. The van der Waals surface area contributed by atoms with Crippen LogP contribution in [0.4, 0.5) is 4.79 Å². The van der Waals surface area contributed by atoms with E-state index in [0.717, 1.165) is 19.3 Å². The Morgan fingerprint density at radius 1 is 1.09 bits per heavy atom. The van der Waals surface area contributed by atoms with E-state index in [1.54, 1.807) is 7.11 Å². The van der Waals surface area contributed by atoms with E-state index in [1.807, 2.05) is 4.90 Å². The number of hydrogen-bond donors (Lipinski definition) is 3. The number of methoxy groups -OCH3 is 1. The van der Waals surface area contributed by atoms with Crippen molar-refractivity contribution in [3.8, 4) is 0 Å². The van der Waals surface area contributed by atoms with Gasteiger partial charge in [-0.15, -0.1) is 0 Å². The molecule has 0 aromatic carbocycles. The summed E-state index contributed by atoms with van der Waals surface area (Å²) >= 11 is 0. The zero-order chi connectivity index (χ0) is 24.5. The third-order valence-electron chi connectivity index (χ3n) is 7.86. The van der Waals surface area contributed by atoms with Crippen molar-refractivity contribution in [3.63, 3.8) is 0 Å². The summed E-state index contributed by atoms with van der Waals surface area (Å²) in [6, 6.07) is 0.101. The smallest absolute Gasteiger partial charge is 0.404 e. The number of unbranched alkanes of at least 4 members (excludes halogenated alkanes) is 8. The van der Waals surface area contributed by atoms with E-state index < -0.39 is 17.7 Å². The largest absolute Gasteiger partial charge is 0.449 e. The van der Waals surface area contributed by atoms with Gasteiger partial charge in [-0.05, 0) is 12.8 Å². The minimum absolute atomic E-state index is 0.0140. The van der Waals surface area contributed by atoms with Crippen LogP contribution in [0.5, 0.6) is 0 Å². The minimum atomic E-state index is -0.969.